The molecular weight excluding hydrogens is 284 g/mol. The average molecular weight is 302 g/mol. The largest absolute Gasteiger partial charge is 0.478 e. The summed E-state index contributed by atoms with van der Waals surface area (Å²) in [6.45, 7) is 0.748. The maximum absolute atomic E-state index is 12.5. The van der Waals surface area contributed by atoms with Crippen molar-refractivity contribution in [3.8, 4) is 0 Å². The van der Waals surface area contributed by atoms with Crippen molar-refractivity contribution in [3.05, 3.63) is 11.8 Å². The van der Waals surface area contributed by atoms with Crippen molar-refractivity contribution in [1.82, 2.24) is 19.4 Å². The van der Waals surface area contributed by atoms with E-state index < -0.39 is 16.0 Å². The van der Waals surface area contributed by atoms with Gasteiger partial charge in [-0.05, 0) is 26.9 Å². The molecule has 1 aromatic heterocycles. The quantitative estimate of drug-likeness (QED) is 0.799. The Bertz CT molecular complexity index is 595. The van der Waals surface area contributed by atoms with Crippen molar-refractivity contribution in [2.24, 2.45) is 0 Å². The number of sulfonamides is 1. The Labute approximate surface area is 117 Å². The van der Waals surface area contributed by atoms with Crippen molar-refractivity contribution in [1.29, 1.82) is 0 Å². The van der Waals surface area contributed by atoms with E-state index in [0.717, 1.165) is 19.0 Å². The second-order valence-corrected chi connectivity index (χ2v) is 6.92. The lowest BCUT2D eigenvalue weighted by atomic mass is 10.1. The molecule has 0 bridgehead atoms. The summed E-state index contributed by atoms with van der Waals surface area (Å²) < 4.78 is 26.3. The zero-order valence-electron chi connectivity index (χ0n) is 11.4. The number of carboxylic acids is 1. The van der Waals surface area contributed by atoms with Crippen molar-refractivity contribution < 1.29 is 18.3 Å². The summed E-state index contributed by atoms with van der Waals surface area (Å²) in [5.74, 6) is -1.31. The molecule has 0 saturated carbocycles. The molecule has 0 radical (unpaired) electrons. The summed E-state index contributed by atoms with van der Waals surface area (Å²) in [6.07, 6.45) is 2.69. The molecule has 1 aromatic rings. The molecular formula is C11H18N4O4S. The molecule has 0 aliphatic carbocycles. The van der Waals surface area contributed by atoms with Gasteiger partial charge >= 0.3 is 5.97 Å². The predicted molar refractivity (Wildman–Crippen MR) is 71.0 cm³/mol. The minimum absolute atomic E-state index is 0.134. The highest BCUT2D eigenvalue weighted by atomic mass is 32.2. The Morgan fingerprint density at radius 1 is 1.55 bits per heavy atom. The summed E-state index contributed by atoms with van der Waals surface area (Å²) in [7, 11) is -0.0481. The van der Waals surface area contributed by atoms with Crippen LogP contribution in [0.3, 0.4) is 0 Å². The monoisotopic (exact) mass is 302 g/mol. The molecule has 2 N–H and O–H groups in total. The van der Waals surface area contributed by atoms with Crippen molar-refractivity contribution in [2.45, 2.75) is 23.9 Å². The number of hydrogen-bond donors (Lipinski definition) is 2. The van der Waals surface area contributed by atoms with Crippen molar-refractivity contribution in [3.63, 3.8) is 0 Å². The van der Waals surface area contributed by atoms with Gasteiger partial charge in [-0.1, -0.05) is 0 Å². The molecule has 0 amide bonds. The maximum atomic E-state index is 12.5. The number of H-pyrrole nitrogens is 1. The molecule has 1 fully saturated rings. The lowest BCUT2D eigenvalue weighted by molar-refractivity contribution is 0.0692. The summed E-state index contributed by atoms with van der Waals surface area (Å²) in [5.41, 5.74) is -0.322. The van der Waals surface area contributed by atoms with Gasteiger partial charge in [-0.15, -0.1) is 0 Å². The van der Waals surface area contributed by atoms with E-state index in [2.05, 4.69) is 10.2 Å². The molecule has 1 saturated heterocycles. The van der Waals surface area contributed by atoms with Gasteiger partial charge < -0.3 is 10.0 Å². The van der Waals surface area contributed by atoms with Gasteiger partial charge in [-0.25, -0.2) is 13.2 Å². The Hall–Kier alpha value is -1.45. The highest BCUT2D eigenvalue weighted by molar-refractivity contribution is 7.89. The average Bonchev–Trinajstić information content (AvgIpc) is 2.89. The van der Waals surface area contributed by atoms with E-state index in [1.54, 1.807) is 0 Å². The number of piperidine rings is 1. The first kappa shape index (κ1) is 14.9. The summed E-state index contributed by atoms with van der Waals surface area (Å²) in [4.78, 5) is 13.0. The van der Waals surface area contributed by atoms with Crippen LogP contribution in [0.1, 0.15) is 23.2 Å². The van der Waals surface area contributed by atoms with Crippen molar-refractivity contribution in [2.75, 3.05) is 27.2 Å². The van der Waals surface area contributed by atoms with Crippen LogP contribution in [0.15, 0.2) is 11.2 Å². The maximum Gasteiger partial charge on any atom is 0.340 e. The van der Waals surface area contributed by atoms with Crippen LogP contribution in [0, 0.1) is 0 Å². The number of aromatic amines is 1. The number of nitrogens with zero attached hydrogens (tertiary/aromatic N) is 3. The van der Waals surface area contributed by atoms with E-state index in [1.807, 2.05) is 19.0 Å². The number of aromatic carboxylic acids is 1. The van der Waals surface area contributed by atoms with E-state index in [1.165, 1.54) is 4.31 Å². The highest BCUT2D eigenvalue weighted by Gasteiger charge is 2.34. The number of aromatic nitrogens is 2. The number of likely N-dealkylation sites (N-methyl/N-ethyl adjacent to an activating group) is 1. The first-order valence-electron chi connectivity index (χ1n) is 6.27. The standard InChI is InChI=1S/C11H18N4O4S/c1-14(2)8-4-3-5-15(7-8)20(18,19)10-9(11(16)17)6-12-13-10/h6,8H,3-5,7H2,1-2H3,(H,12,13)(H,16,17). The van der Waals surface area contributed by atoms with E-state index >= 15 is 0 Å². The fourth-order valence-corrected chi connectivity index (χ4v) is 3.90. The Kier molecular flexibility index (Phi) is 4.11. The summed E-state index contributed by atoms with van der Waals surface area (Å²) in [6, 6.07) is 0.134. The van der Waals surface area contributed by atoms with E-state index in [4.69, 9.17) is 5.11 Å². The molecule has 0 spiro atoms. The topological polar surface area (TPSA) is 107 Å². The predicted octanol–water partition coefficient (Wildman–Crippen LogP) is -0.177. The molecule has 2 heterocycles. The number of carbonyl (C=O) groups is 1. The minimum atomic E-state index is -3.85. The van der Waals surface area contributed by atoms with Gasteiger partial charge in [0.2, 0.25) is 0 Å². The molecule has 2 rings (SSSR count). The summed E-state index contributed by atoms with van der Waals surface area (Å²) >= 11 is 0. The fourth-order valence-electron chi connectivity index (χ4n) is 2.31. The van der Waals surface area contributed by atoms with Gasteiger partial charge in [0.15, 0.2) is 5.03 Å². The van der Waals surface area contributed by atoms with Crippen LogP contribution in [0.2, 0.25) is 0 Å². The second kappa shape index (κ2) is 5.51. The van der Waals surface area contributed by atoms with Gasteiger partial charge in [-0.3, -0.25) is 5.10 Å². The normalized spacial score (nSPS) is 21.2. The van der Waals surface area contributed by atoms with Crippen LogP contribution in [-0.4, -0.2) is 72.1 Å². The zero-order chi connectivity index (χ0) is 14.9. The molecule has 8 nitrogen and oxygen atoms in total. The number of hydrogen-bond acceptors (Lipinski definition) is 5. The number of nitrogens with one attached hydrogen (secondary N) is 1. The SMILES string of the molecule is CN(C)C1CCCN(S(=O)(=O)c2[nH]ncc2C(=O)O)C1. The van der Waals surface area contributed by atoms with Gasteiger partial charge in [-0.2, -0.15) is 9.40 Å². The second-order valence-electron chi connectivity index (χ2n) is 5.04. The third-order valence-corrected chi connectivity index (χ3v) is 5.36. The molecule has 1 atom stereocenters. The van der Waals surface area contributed by atoms with E-state index in [9.17, 15) is 13.2 Å². The van der Waals surface area contributed by atoms with Gasteiger partial charge in [0, 0.05) is 19.1 Å². The Morgan fingerprint density at radius 2 is 2.25 bits per heavy atom. The van der Waals surface area contributed by atoms with Crippen LogP contribution in [0.4, 0.5) is 0 Å². The van der Waals surface area contributed by atoms with E-state index in [-0.39, 0.29) is 16.6 Å². The van der Waals surface area contributed by atoms with Gasteiger partial charge in [0.1, 0.15) is 5.56 Å². The molecule has 1 aliphatic rings. The van der Waals surface area contributed by atoms with Gasteiger partial charge in [0.25, 0.3) is 10.0 Å². The fraction of sp³-hybridized carbons (Fsp3) is 0.636. The first-order valence-corrected chi connectivity index (χ1v) is 7.71. The molecule has 112 valence electrons. The molecule has 1 aliphatic heterocycles. The van der Waals surface area contributed by atoms with Crippen LogP contribution in [0.25, 0.3) is 0 Å². The van der Waals surface area contributed by atoms with Gasteiger partial charge in [0.05, 0.1) is 6.20 Å². The number of rotatable bonds is 4. The number of carboxylic acid groups (broad SMARTS) is 1. The third kappa shape index (κ3) is 2.69. The van der Waals surface area contributed by atoms with Crippen LogP contribution < -0.4 is 0 Å². The van der Waals surface area contributed by atoms with Crippen LogP contribution in [-0.2, 0) is 10.0 Å². The van der Waals surface area contributed by atoms with E-state index in [0.29, 0.717) is 13.1 Å². The third-order valence-electron chi connectivity index (χ3n) is 3.52. The lowest BCUT2D eigenvalue weighted by Crippen LogP contribution is -2.47. The van der Waals surface area contributed by atoms with Crippen molar-refractivity contribution >= 4 is 16.0 Å². The smallest absolute Gasteiger partial charge is 0.340 e. The summed E-state index contributed by atoms with van der Waals surface area (Å²) in [5, 5.41) is 14.5. The molecule has 0 aromatic carbocycles. The Balaban J connectivity index is 2.30. The zero-order valence-corrected chi connectivity index (χ0v) is 12.2. The van der Waals surface area contributed by atoms with Crippen LogP contribution in [0.5, 0.6) is 0 Å². The molecule has 9 heteroatoms. The minimum Gasteiger partial charge on any atom is -0.478 e. The van der Waals surface area contributed by atoms with Crippen LogP contribution >= 0.6 is 0 Å². The highest BCUT2D eigenvalue weighted by Crippen LogP contribution is 2.23. The first-order chi connectivity index (χ1) is 9.34. The molecule has 20 heavy (non-hydrogen) atoms. The molecule has 1 unspecified atom stereocenters. The lowest BCUT2D eigenvalue weighted by Gasteiger charge is -2.35. The Morgan fingerprint density at radius 3 is 2.85 bits per heavy atom.